The number of nitrogens with zero attached hydrogens (tertiary/aromatic N) is 1. The van der Waals surface area contributed by atoms with Gasteiger partial charge in [-0.3, -0.25) is 9.69 Å². The SMILES string of the molecule is O=C(NC[C@@H](O)c1cccc(F)c1)[C@H]1CCN(C2CCCCC2)C1. The summed E-state index contributed by atoms with van der Waals surface area (Å²) in [5, 5.41) is 12.9. The highest BCUT2D eigenvalue weighted by Gasteiger charge is 2.32. The predicted octanol–water partition coefficient (Wildman–Crippen LogP) is 2.63. The first-order valence-electron chi connectivity index (χ1n) is 9.09. The number of carbonyl (C=O) groups is 1. The summed E-state index contributed by atoms with van der Waals surface area (Å²) in [4.78, 5) is 14.8. The van der Waals surface area contributed by atoms with Crippen LogP contribution >= 0.6 is 0 Å². The molecule has 0 spiro atoms. The molecule has 4 nitrogen and oxygen atoms in total. The van der Waals surface area contributed by atoms with Crippen LogP contribution in [0, 0.1) is 11.7 Å². The van der Waals surface area contributed by atoms with Gasteiger partial charge in [-0.25, -0.2) is 4.39 Å². The number of hydrogen-bond acceptors (Lipinski definition) is 3. The fourth-order valence-corrected chi connectivity index (χ4v) is 3.95. The molecule has 0 aromatic heterocycles. The minimum Gasteiger partial charge on any atom is -0.387 e. The lowest BCUT2D eigenvalue weighted by Crippen LogP contribution is -2.38. The zero-order valence-electron chi connectivity index (χ0n) is 14.1. The van der Waals surface area contributed by atoms with Gasteiger partial charge in [-0.2, -0.15) is 0 Å². The third-order valence-corrected chi connectivity index (χ3v) is 5.38. The molecular weight excluding hydrogens is 307 g/mol. The Hall–Kier alpha value is -1.46. The Bertz CT molecular complexity index is 560. The molecule has 1 amide bonds. The minimum atomic E-state index is -0.875. The Balaban J connectivity index is 1.45. The molecule has 1 aromatic rings. The molecule has 3 rings (SSSR count). The number of rotatable bonds is 5. The van der Waals surface area contributed by atoms with Crippen molar-refractivity contribution in [2.75, 3.05) is 19.6 Å². The predicted molar refractivity (Wildman–Crippen MR) is 90.9 cm³/mol. The third kappa shape index (κ3) is 4.33. The number of halogens is 1. The highest BCUT2D eigenvalue weighted by Crippen LogP contribution is 2.27. The molecule has 1 heterocycles. The number of carbonyl (C=O) groups excluding carboxylic acids is 1. The van der Waals surface area contributed by atoms with E-state index in [1.165, 1.54) is 44.2 Å². The number of nitrogens with one attached hydrogen (secondary N) is 1. The Morgan fingerprint density at radius 3 is 2.83 bits per heavy atom. The molecule has 0 radical (unpaired) electrons. The molecule has 1 aliphatic carbocycles. The fourth-order valence-electron chi connectivity index (χ4n) is 3.95. The summed E-state index contributed by atoms with van der Waals surface area (Å²) in [5.74, 6) is -0.368. The molecule has 2 atom stereocenters. The van der Waals surface area contributed by atoms with Crippen LogP contribution in [0.1, 0.15) is 50.2 Å². The van der Waals surface area contributed by atoms with Gasteiger partial charge in [-0.1, -0.05) is 31.4 Å². The first-order valence-corrected chi connectivity index (χ1v) is 9.09. The van der Waals surface area contributed by atoms with Crippen molar-refractivity contribution >= 4 is 5.91 Å². The van der Waals surface area contributed by atoms with Gasteiger partial charge < -0.3 is 10.4 Å². The van der Waals surface area contributed by atoms with Gasteiger partial charge in [0, 0.05) is 19.1 Å². The maximum Gasteiger partial charge on any atom is 0.224 e. The molecule has 0 bridgehead atoms. The number of aliphatic hydroxyl groups is 1. The molecule has 2 fully saturated rings. The Morgan fingerprint density at radius 2 is 2.08 bits per heavy atom. The van der Waals surface area contributed by atoms with Crippen molar-refractivity contribution in [2.24, 2.45) is 5.92 Å². The van der Waals surface area contributed by atoms with Crippen molar-refractivity contribution in [1.29, 1.82) is 0 Å². The second kappa shape index (κ2) is 8.08. The smallest absolute Gasteiger partial charge is 0.224 e. The van der Waals surface area contributed by atoms with Crippen LogP contribution in [0.5, 0.6) is 0 Å². The van der Waals surface area contributed by atoms with Crippen LogP contribution < -0.4 is 5.32 Å². The van der Waals surface area contributed by atoms with Crippen molar-refractivity contribution in [3.05, 3.63) is 35.6 Å². The van der Waals surface area contributed by atoms with Crippen LogP contribution in [0.2, 0.25) is 0 Å². The summed E-state index contributed by atoms with van der Waals surface area (Å²) >= 11 is 0. The molecule has 1 saturated heterocycles. The summed E-state index contributed by atoms with van der Waals surface area (Å²) in [6, 6.07) is 6.52. The van der Waals surface area contributed by atoms with Crippen LogP contribution in [-0.4, -0.2) is 41.6 Å². The van der Waals surface area contributed by atoms with Crippen molar-refractivity contribution in [3.8, 4) is 0 Å². The number of likely N-dealkylation sites (tertiary alicyclic amines) is 1. The van der Waals surface area contributed by atoms with Crippen molar-refractivity contribution in [3.63, 3.8) is 0 Å². The summed E-state index contributed by atoms with van der Waals surface area (Å²) in [6.07, 6.45) is 6.47. The Labute approximate surface area is 143 Å². The van der Waals surface area contributed by atoms with Gasteiger partial charge in [0.1, 0.15) is 5.82 Å². The first-order chi connectivity index (χ1) is 11.6. The zero-order chi connectivity index (χ0) is 16.9. The van der Waals surface area contributed by atoms with E-state index in [9.17, 15) is 14.3 Å². The van der Waals surface area contributed by atoms with Crippen molar-refractivity contribution < 1.29 is 14.3 Å². The summed E-state index contributed by atoms with van der Waals surface area (Å²) in [5.41, 5.74) is 0.491. The van der Waals surface area contributed by atoms with Crippen LogP contribution in [0.4, 0.5) is 4.39 Å². The van der Waals surface area contributed by atoms with Crippen molar-refractivity contribution in [1.82, 2.24) is 10.2 Å². The standard InChI is InChI=1S/C19H27FN2O2/c20-16-6-4-5-14(11-16)18(23)12-21-19(24)15-9-10-22(13-15)17-7-2-1-3-8-17/h4-6,11,15,17-18,23H,1-3,7-10,12-13H2,(H,21,24)/t15-,18+/m0/s1. The lowest BCUT2D eigenvalue weighted by atomic mass is 9.94. The van der Waals surface area contributed by atoms with Crippen LogP contribution in [0.15, 0.2) is 24.3 Å². The number of aliphatic hydroxyl groups excluding tert-OH is 1. The molecule has 132 valence electrons. The molecule has 24 heavy (non-hydrogen) atoms. The fraction of sp³-hybridized carbons (Fsp3) is 0.632. The van der Waals surface area contributed by atoms with E-state index in [0.717, 1.165) is 19.5 Å². The Morgan fingerprint density at radius 1 is 1.29 bits per heavy atom. The van der Waals surface area contributed by atoms with Gasteiger partial charge in [0.25, 0.3) is 0 Å². The molecular formula is C19H27FN2O2. The number of benzene rings is 1. The third-order valence-electron chi connectivity index (χ3n) is 5.38. The van der Waals surface area contributed by atoms with Crippen molar-refractivity contribution in [2.45, 2.75) is 50.7 Å². The second-order valence-corrected chi connectivity index (χ2v) is 7.09. The van der Waals surface area contributed by atoms with E-state index in [2.05, 4.69) is 10.2 Å². The second-order valence-electron chi connectivity index (χ2n) is 7.09. The molecule has 1 aromatic carbocycles. The maximum atomic E-state index is 13.2. The van der Waals surface area contributed by atoms with E-state index >= 15 is 0 Å². The highest BCUT2D eigenvalue weighted by atomic mass is 19.1. The number of amides is 1. The Kier molecular flexibility index (Phi) is 5.85. The first kappa shape index (κ1) is 17.4. The van der Waals surface area contributed by atoms with Gasteiger partial charge >= 0.3 is 0 Å². The topological polar surface area (TPSA) is 52.6 Å². The van der Waals surface area contributed by atoms with Gasteiger partial charge in [-0.05, 0) is 43.5 Å². The monoisotopic (exact) mass is 334 g/mol. The highest BCUT2D eigenvalue weighted by molar-refractivity contribution is 5.79. The molecule has 5 heteroatoms. The van der Waals surface area contributed by atoms with E-state index in [-0.39, 0.29) is 24.2 Å². The van der Waals surface area contributed by atoms with Crippen LogP contribution in [0.3, 0.4) is 0 Å². The molecule has 1 saturated carbocycles. The largest absolute Gasteiger partial charge is 0.387 e. The van der Waals surface area contributed by atoms with Crippen LogP contribution in [-0.2, 0) is 4.79 Å². The normalized spacial score (nSPS) is 24.0. The molecule has 2 aliphatic rings. The minimum absolute atomic E-state index is 0.00348. The van der Waals surface area contributed by atoms with Gasteiger partial charge in [0.2, 0.25) is 5.91 Å². The van der Waals surface area contributed by atoms with E-state index < -0.39 is 6.10 Å². The van der Waals surface area contributed by atoms with E-state index in [1.807, 2.05) is 0 Å². The molecule has 2 N–H and O–H groups in total. The zero-order valence-corrected chi connectivity index (χ0v) is 14.1. The van der Waals surface area contributed by atoms with Gasteiger partial charge in [0.05, 0.1) is 12.0 Å². The maximum absolute atomic E-state index is 13.2. The average Bonchev–Trinajstić information content (AvgIpc) is 3.10. The van der Waals surface area contributed by atoms with E-state index in [4.69, 9.17) is 0 Å². The molecule has 0 unspecified atom stereocenters. The van der Waals surface area contributed by atoms with Crippen LogP contribution in [0.25, 0.3) is 0 Å². The van der Waals surface area contributed by atoms with E-state index in [1.54, 1.807) is 12.1 Å². The van der Waals surface area contributed by atoms with Gasteiger partial charge in [0.15, 0.2) is 0 Å². The van der Waals surface area contributed by atoms with Gasteiger partial charge in [-0.15, -0.1) is 0 Å². The summed E-state index contributed by atoms with van der Waals surface area (Å²) < 4.78 is 13.2. The quantitative estimate of drug-likeness (QED) is 0.870. The molecule has 1 aliphatic heterocycles. The lowest BCUT2D eigenvalue weighted by molar-refractivity contribution is -0.125. The average molecular weight is 334 g/mol. The summed E-state index contributed by atoms with van der Waals surface area (Å²) in [6.45, 7) is 1.95. The number of hydrogen-bond donors (Lipinski definition) is 2. The summed E-state index contributed by atoms with van der Waals surface area (Å²) in [7, 11) is 0. The lowest BCUT2D eigenvalue weighted by Gasteiger charge is -2.30. The van der Waals surface area contributed by atoms with E-state index in [0.29, 0.717) is 11.6 Å².